The zero-order chi connectivity index (χ0) is 12.7. The van der Waals surface area contributed by atoms with Gasteiger partial charge in [-0.1, -0.05) is 39.3 Å². The summed E-state index contributed by atoms with van der Waals surface area (Å²) in [7, 11) is 0. The van der Waals surface area contributed by atoms with Crippen molar-refractivity contribution in [1.29, 1.82) is 0 Å². The van der Waals surface area contributed by atoms with Crippen LogP contribution in [-0.4, -0.2) is 13.2 Å². The first-order valence-corrected chi connectivity index (χ1v) is 6.69. The number of rotatable bonds is 7. The number of hydrogen-bond acceptors (Lipinski definition) is 2. The van der Waals surface area contributed by atoms with Crippen molar-refractivity contribution < 1.29 is 4.74 Å². The molecule has 96 valence electrons. The molecule has 17 heavy (non-hydrogen) atoms. The van der Waals surface area contributed by atoms with Crippen molar-refractivity contribution >= 4 is 0 Å². The first kappa shape index (κ1) is 14.0. The van der Waals surface area contributed by atoms with E-state index in [1.54, 1.807) is 0 Å². The summed E-state index contributed by atoms with van der Waals surface area (Å²) in [6.45, 7) is 10.4. The summed E-state index contributed by atoms with van der Waals surface area (Å²) >= 11 is 0. The SMILES string of the molecule is CCNC(c1cccc(OCC)c1)C(C)CC. The lowest BCUT2D eigenvalue weighted by molar-refractivity contribution is 0.337. The van der Waals surface area contributed by atoms with Gasteiger partial charge in [0.05, 0.1) is 6.61 Å². The molecule has 0 saturated heterocycles. The molecule has 1 aromatic carbocycles. The molecule has 0 bridgehead atoms. The smallest absolute Gasteiger partial charge is 0.119 e. The number of nitrogens with one attached hydrogen (secondary N) is 1. The van der Waals surface area contributed by atoms with Crippen LogP contribution in [0.5, 0.6) is 5.75 Å². The second-order valence-corrected chi connectivity index (χ2v) is 4.43. The highest BCUT2D eigenvalue weighted by molar-refractivity contribution is 5.31. The van der Waals surface area contributed by atoms with Crippen molar-refractivity contribution in [3.63, 3.8) is 0 Å². The summed E-state index contributed by atoms with van der Waals surface area (Å²) < 4.78 is 5.56. The topological polar surface area (TPSA) is 21.3 Å². The Labute approximate surface area is 105 Å². The Bertz CT molecular complexity index is 324. The van der Waals surface area contributed by atoms with Crippen LogP contribution in [0.3, 0.4) is 0 Å². The van der Waals surface area contributed by atoms with Crippen LogP contribution >= 0.6 is 0 Å². The predicted molar refractivity (Wildman–Crippen MR) is 73.5 cm³/mol. The molecule has 1 rings (SSSR count). The Morgan fingerprint density at radius 1 is 1.24 bits per heavy atom. The van der Waals surface area contributed by atoms with E-state index >= 15 is 0 Å². The molecule has 0 amide bonds. The molecular weight excluding hydrogens is 210 g/mol. The van der Waals surface area contributed by atoms with Crippen LogP contribution < -0.4 is 10.1 Å². The van der Waals surface area contributed by atoms with Gasteiger partial charge in [0, 0.05) is 6.04 Å². The zero-order valence-corrected chi connectivity index (χ0v) is 11.5. The lowest BCUT2D eigenvalue weighted by Gasteiger charge is -2.24. The van der Waals surface area contributed by atoms with Gasteiger partial charge in [-0.05, 0) is 37.1 Å². The summed E-state index contributed by atoms with van der Waals surface area (Å²) in [5, 5.41) is 3.56. The molecule has 0 saturated carbocycles. The minimum absolute atomic E-state index is 0.422. The summed E-state index contributed by atoms with van der Waals surface area (Å²) in [6, 6.07) is 8.86. The van der Waals surface area contributed by atoms with E-state index in [4.69, 9.17) is 4.74 Å². The molecule has 0 spiro atoms. The maximum absolute atomic E-state index is 5.56. The van der Waals surface area contributed by atoms with Crippen molar-refractivity contribution in [3.8, 4) is 5.75 Å². The highest BCUT2D eigenvalue weighted by atomic mass is 16.5. The van der Waals surface area contributed by atoms with Gasteiger partial charge in [0.15, 0.2) is 0 Å². The van der Waals surface area contributed by atoms with Gasteiger partial charge in [-0.2, -0.15) is 0 Å². The summed E-state index contributed by atoms with van der Waals surface area (Å²) in [5.74, 6) is 1.60. The summed E-state index contributed by atoms with van der Waals surface area (Å²) in [4.78, 5) is 0. The van der Waals surface area contributed by atoms with Gasteiger partial charge in [-0.3, -0.25) is 0 Å². The zero-order valence-electron chi connectivity index (χ0n) is 11.5. The van der Waals surface area contributed by atoms with Crippen LogP contribution in [0.25, 0.3) is 0 Å². The Morgan fingerprint density at radius 2 is 2.00 bits per heavy atom. The average Bonchev–Trinajstić information content (AvgIpc) is 2.36. The molecule has 0 heterocycles. The van der Waals surface area contributed by atoms with Crippen LogP contribution in [0.15, 0.2) is 24.3 Å². The van der Waals surface area contributed by atoms with Crippen LogP contribution in [0.4, 0.5) is 0 Å². The van der Waals surface area contributed by atoms with Crippen LogP contribution in [0.2, 0.25) is 0 Å². The van der Waals surface area contributed by atoms with Crippen molar-refractivity contribution in [3.05, 3.63) is 29.8 Å². The van der Waals surface area contributed by atoms with Gasteiger partial charge in [-0.15, -0.1) is 0 Å². The molecular formula is C15H25NO. The third-order valence-corrected chi connectivity index (χ3v) is 3.17. The van der Waals surface area contributed by atoms with E-state index in [0.29, 0.717) is 12.0 Å². The van der Waals surface area contributed by atoms with Crippen LogP contribution in [-0.2, 0) is 0 Å². The van der Waals surface area contributed by atoms with E-state index in [0.717, 1.165) is 18.9 Å². The Morgan fingerprint density at radius 3 is 2.59 bits per heavy atom. The van der Waals surface area contributed by atoms with Crippen molar-refractivity contribution in [2.75, 3.05) is 13.2 Å². The van der Waals surface area contributed by atoms with Gasteiger partial charge >= 0.3 is 0 Å². The highest BCUT2D eigenvalue weighted by Gasteiger charge is 2.17. The number of benzene rings is 1. The van der Waals surface area contributed by atoms with Crippen molar-refractivity contribution in [2.45, 2.75) is 40.2 Å². The maximum atomic E-state index is 5.56. The maximum Gasteiger partial charge on any atom is 0.119 e. The van der Waals surface area contributed by atoms with E-state index in [-0.39, 0.29) is 0 Å². The molecule has 2 nitrogen and oxygen atoms in total. The summed E-state index contributed by atoms with van der Waals surface area (Å²) in [5.41, 5.74) is 1.33. The van der Waals surface area contributed by atoms with Gasteiger partial charge in [0.1, 0.15) is 5.75 Å². The molecule has 2 heteroatoms. The fourth-order valence-electron chi connectivity index (χ4n) is 2.07. The minimum atomic E-state index is 0.422. The quantitative estimate of drug-likeness (QED) is 0.776. The van der Waals surface area contributed by atoms with E-state index in [1.165, 1.54) is 12.0 Å². The molecule has 1 N–H and O–H groups in total. The van der Waals surface area contributed by atoms with Crippen LogP contribution in [0.1, 0.15) is 45.7 Å². The predicted octanol–water partition coefficient (Wildman–Crippen LogP) is 3.78. The van der Waals surface area contributed by atoms with E-state index in [1.807, 2.05) is 13.0 Å². The third-order valence-electron chi connectivity index (χ3n) is 3.17. The summed E-state index contributed by atoms with van der Waals surface area (Å²) in [6.07, 6.45) is 1.18. The highest BCUT2D eigenvalue weighted by Crippen LogP contribution is 2.26. The van der Waals surface area contributed by atoms with Gasteiger partial charge < -0.3 is 10.1 Å². The van der Waals surface area contributed by atoms with Gasteiger partial charge in [-0.25, -0.2) is 0 Å². The molecule has 0 aliphatic heterocycles. The third kappa shape index (κ3) is 4.04. The molecule has 0 aliphatic rings. The number of hydrogen-bond donors (Lipinski definition) is 1. The van der Waals surface area contributed by atoms with Crippen LogP contribution in [0, 0.1) is 5.92 Å². The minimum Gasteiger partial charge on any atom is -0.494 e. The lowest BCUT2D eigenvalue weighted by Crippen LogP contribution is -2.26. The van der Waals surface area contributed by atoms with Crippen molar-refractivity contribution in [2.24, 2.45) is 5.92 Å². The van der Waals surface area contributed by atoms with E-state index in [9.17, 15) is 0 Å². The largest absolute Gasteiger partial charge is 0.494 e. The monoisotopic (exact) mass is 235 g/mol. The standard InChI is InChI=1S/C15H25NO/c1-5-12(4)15(16-6-2)13-9-8-10-14(11-13)17-7-3/h8-12,15-16H,5-7H2,1-4H3. The molecule has 0 radical (unpaired) electrons. The molecule has 2 atom stereocenters. The Kier molecular flexibility index (Phi) is 6.06. The fourth-order valence-corrected chi connectivity index (χ4v) is 2.07. The molecule has 0 aromatic heterocycles. The normalized spacial score (nSPS) is 14.4. The van der Waals surface area contributed by atoms with E-state index < -0.39 is 0 Å². The van der Waals surface area contributed by atoms with E-state index in [2.05, 4.69) is 44.3 Å². The first-order valence-electron chi connectivity index (χ1n) is 6.69. The number of ether oxygens (including phenoxy) is 1. The second kappa shape index (κ2) is 7.33. The fraction of sp³-hybridized carbons (Fsp3) is 0.600. The van der Waals surface area contributed by atoms with Crippen molar-refractivity contribution in [1.82, 2.24) is 5.32 Å². The second-order valence-electron chi connectivity index (χ2n) is 4.43. The Balaban J connectivity index is 2.88. The molecule has 0 fully saturated rings. The molecule has 0 aliphatic carbocycles. The van der Waals surface area contributed by atoms with Gasteiger partial charge in [0.2, 0.25) is 0 Å². The van der Waals surface area contributed by atoms with Gasteiger partial charge in [0.25, 0.3) is 0 Å². The molecule has 2 unspecified atom stereocenters. The lowest BCUT2D eigenvalue weighted by atomic mass is 9.92. The average molecular weight is 235 g/mol. The first-order chi connectivity index (χ1) is 8.22. The molecule has 1 aromatic rings. The Hall–Kier alpha value is -1.02.